The molecule has 2 aliphatic heterocycles. The largest absolute Gasteiger partial charge is 0.382 e. The molecular weight excluding hydrogens is 477 g/mol. The van der Waals surface area contributed by atoms with Crippen LogP contribution in [-0.2, 0) is 58.7 Å². The van der Waals surface area contributed by atoms with Crippen molar-refractivity contribution >= 4 is 34.2 Å². The van der Waals surface area contributed by atoms with Gasteiger partial charge in [-0.15, -0.1) is 0 Å². The zero-order valence-corrected chi connectivity index (χ0v) is 21.1. The van der Waals surface area contributed by atoms with E-state index in [0.29, 0.717) is 19.8 Å². The summed E-state index contributed by atoms with van der Waals surface area (Å²) in [5, 5.41) is 0. The van der Waals surface area contributed by atoms with Crippen molar-refractivity contribution in [1.29, 1.82) is 0 Å². The molecule has 2 fully saturated rings. The van der Waals surface area contributed by atoms with Crippen molar-refractivity contribution in [3.8, 4) is 0 Å². The molecule has 0 bridgehead atoms. The van der Waals surface area contributed by atoms with Crippen LogP contribution in [-0.4, -0.2) is 137 Å². The highest BCUT2D eigenvalue weighted by atomic mass is 32.5. The van der Waals surface area contributed by atoms with Gasteiger partial charge in [0, 0.05) is 40.4 Å². The number of hydrogen-bond acceptors (Lipinski definition) is 11. The topological polar surface area (TPSA) is 113 Å². The van der Waals surface area contributed by atoms with Gasteiger partial charge in [-0.1, -0.05) is 0 Å². The summed E-state index contributed by atoms with van der Waals surface area (Å²) in [6, 6.07) is -1.55. The SMILES string of the molecule is [B][C@@H]1O[C@H](COP(O)(=S)OC2[C@@H](COC)O[C@@H]([B])[C@H]2OCCOC)C(OC)[C@@H]1OCCOC. The number of hydrogen-bond donors (Lipinski definition) is 1. The van der Waals surface area contributed by atoms with Gasteiger partial charge in [-0.05, 0) is 11.8 Å². The molecular formula is C18H33B2O11PS. The minimum atomic E-state index is -3.77. The van der Waals surface area contributed by atoms with Gasteiger partial charge in [-0.3, -0.25) is 4.52 Å². The Morgan fingerprint density at radius 3 is 1.76 bits per heavy atom. The predicted molar refractivity (Wildman–Crippen MR) is 122 cm³/mol. The standard InChI is InChI=1S/C18H33B2O11PS/c1-22-5-7-26-15-13(25-4)12(30-17(15)19)10-28-32(21,33)31-14-11(9-24-3)29-18(20)16(14)27-8-6-23-2/h11-18H,5-10H2,1-4H3,(H,21,33)/t11-,12-,13?,14?,15+,16+,17-,18-,32?/m1/s1. The molecule has 4 radical (unpaired) electrons. The minimum absolute atomic E-state index is 0.131. The molecule has 9 atom stereocenters. The lowest BCUT2D eigenvalue weighted by Gasteiger charge is -2.28. The molecule has 0 aromatic rings. The van der Waals surface area contributed by atoms with Crippen LogP contribution < -0.4 is 0 Å². The maximum atomic E-state index is 10.7. The molecule has 0 saturated carbocycles. The van der Waals surface area contributed by atoms with Gasteiger partial charge in [-0.2, -0.15) is 0 Å². The van der Waals surface area contributed by atoms with Crippen LogP contribution in [0.2, 0.25) is 0 Å². The Kier molecular flexibility index (Phi) is 13.3. The third-order valence-electron chi connectivity index (χ3n) is 5.15. The molecule has 1 N–H and O–H groups in total. The van der Waals surface area contributed by atoms with Crippen LogP contribution in [0.15, 0.2) is 0 Å². The molecule has 0 aromatic carbocycles. The Morgan fingerprint density at radius 1 is 0.758 bits per heavy atom. The maximum Gasteiger partial charge on any atom is 0.325 e. The van der Waals surface area contributed by atoms with Gasteiger partial charge in [0.05, 0.1) is 39.6 Å². The van der Waals surface area contributed by atoms with Gasteiger partial charge in [0.15, 0.2) is 0 Å². The fourth-order valence-electron chi connectivity index (χ4n) is 3.62. The van der Waals surface area contributed by atoms with E-state index in [-0.39, 0.29) is 19.8 Å². The van der Waals surface area contributed by atoms with Crippen molar-refractivity contribution in [2.24, 2.45) is 0 Å². The average molecular weight is 510 g/mol. The summed E-state index contributed by atoms with van der Waals surface area (Å²) in [6.45, 7) is -2.43. The third-order valence-corrected chi connectivity index (χ3v) is 6.71. The summed E-state index contributed by atoms with van der Waals surface area (Å²) in [7, 11) is 18.2. The Hall–Kier alpha value is 0.340. The second kappa shape index (κ2) is 14.8. The van der Waals surface area contributed by atoms with Crippen molar-refractivity contribution in [3.63, 3.8) is 0 Å². The first kappa shape index (κ1) is 29.6. The van der Waals surface area contributed by atoms with Crippen LogP contribution in [0, 0.1) is 0 Å². The fraction of sp³-hybridized carbons (Fsp3) is 1.00. The Bertz CT molecular complexity index is 610. The second-order valence-electron chi connectivity index (χ2n) is 7.42. The van der Waals surface area contributed by atoms with Crippen LogP contribution in [0.5, 0.6) is 0 Å². The Balaban J connectivity index is 1.98. The van der Waals surface area contributed by atoms with Crippen molar-refractivity contribution < 1.29 is 51.8 Å². The smallest absolute Gasteiger partial charge is 0.325 e. The molecule has 2 aliphatic rings. The molecule has 2 saturated heterocycles. The van der Waals surface area contributed by atoms with Crippen molar-refractivity contribution in [1.82, 2.24) is 0 Å². The molecule has 2 rings (SSSR count). The van der Waals surface area contributed by atoms with E-state index in [1.54, 1.807) is 14.2 Å². The molecule has 0 amide bonds. The summed E-state index contributed by atoms with van der Waals surface area (Å²) in [4.78, 5) is 10.7. The Morgan fingerprint density at radius 2 is 1.27 bits per heavy atom. The summed E-state index contributed by atoms with van der Waals surface area (Å²) in [5.41, 5.74) is 0. The average Bonchev–Trinajstić information content (AvgIpc) is 3.23. The van der Waals surface area contributed by atoms with Crippen molar-refractivity contribution in [3.05, 3.63) is 0 Å². The van der Waals surface area contributed by atoms with Crippen LogP contribution in [0.3, 0.4) is 0 Å². The normalized spacial score (nSPS) is 36.3. The van der Waals surface area contributed by atoms with Gasteiger partial charge in [0.25, 0.3) is 0 Å². The maximum absolute atomic E-state index is 10.7. The second-order valence-corrected chi connectivity index (χ2v) is 10.2. The third kappa shape index (κ3) is 8.75. The first-order chi connectivity index (χ1) is 15.8. The van der Waals surface area contributed by atoms with E-state index in [1.165, 1.54) is 14.2 Å². The molecule has 0 aliphatic carbocycles. The molecule has 15 heteroatoms. The molecule has 11 nitrogen and oxygen atoms in total. The Labute approximate surface area is 203 Å². The van der Waals surface area contributed by atoms with Gasteiger partial charge in [0.2, 0.25) is 0 Å². The van der Waals surface area contributed by atoms with Gasteiger partial charge in [-0.25, -0.2) is 0 Å². The van der Waals surface area contributed by atoms with Gasteiger partial charge < -0.3 is 47.3 Å². The van der Waals surface area contributed by atoms with E-state index in [1.807, 2.05) is 0 Å². The molecule has 0 aromatic heterocycles. The van der Waals surface area contributed by atoms with E-state index in [4.69, 9.17) is 74.4 Å². The molecule has 2 heterocycles. The quantitative estimate of drug-likeness (QED) is 0.158. The van der Waals surface area contributed by atoms with Gasteiger partial charge in [0.1, 0.15) is 52.3 Å². The lowest BCUT2D eigenvalue weighted by Crippen LogP contribution is -2.40. The summed E-state index contributed by atoms with van der Waals surface area (Å²) >= 11 is 5.23. The number of rotatable bonds is 16. The van der Waals surface area contributed by atoms with E-state index < -0.39 is 55.3 Å². The summed E-state index contributed by atoms with van der Waals surface area (Å²) in [6.07, 6.45) is -3.86. The zero-order chi connectivity index (χ0) is 24.4. The van der Waals surface area contributed by atoms with Crippen LogP contribution in [0.25, 0.3) is 0 Å². The lowest BCUT2D eigenvalue weighted by atomic mass is 9.93. The minimum Gasteiger partial charge on any atom is -0.382 e. The van der Waals surface area contributed by atoms with Crippen LogP contribution in [0.4, 0.5) is 0 Å². The predicted octanol–water partition coefficient (Wildman–Crippen LogP) is -0.884. The van der Waals surface area contributed by atoms with E-state index in [0.717, 1.165) is 0 Å². The molecule has 0 spiro atoms. The first-order valence-electron chi connectivity index (χ1n) is 10.5. The first-order valence-corrected chi connectivity index (χ1v) is 13.1. The lowest BCUT2D eigenvalue weighted by molar-refractivity contribution is -0.0622. The van der Waals surface area contributed by atoms with E-state index in [9.17, 15) is 4.89 Å². The highest BCUT2D eigenvalue weighted by Crippen LogP contribution is 2.48. The van der Waals surface area contributed by atoms with Crippen LogP contribution >= 0.6 is 6.72 Å². The summed E-state index contributed by atoms with van der Waals surface area (Å²) in [5.74, 6) is 0. The molecule has 33 heavy (non-hydrogen) atoms. The van der Waals surface area contributed by atoms with Crippen molar-refractivity contribution in [2.45, 2.75) is 48.6 Å². The van der Waals surface area contributed by atoms with E-state index >= 15 is 0 Å². The van der Waals surface area contributed by atoms with Crippen molar-refractivity contribution in [2.75, 3.05) is 68.1 Å². The highest BCUT2D eigenvalue weighted by molar-refractivity contribution is 8.07. The van der Waals surface area contributed by atoms with E-state index in [2.05, 4.69) is 0 Å². The molecule has 3 unspecified atom stereocenters. The molecule has 188 valence electrons. The zero-order valence-electron chi connectivity index (χ0n) is 19.4. The number of ether oxygens (including phenoxy) is 8. The number of methoxy groups -OCH3 is 4. The van der Waals surface area contributed by atoms with Gasteiger partial charge >= 0.3 is 6.72 Å². The monoisotopic (exact) mass is 510 g/mol. The summed E-state index contributed by atoms with van der Waals surface area (Å²) < 4.78 is 54.8. The fourth-order valence-corrected chi connectivity index (χ4v) is 5.06. The van der Waals surface area contributed by atoms with Crippen LogP contribution in [0.1, 0.15) is 0 Å². The highest BCUT2D eigenvalue weighted by Gasteiger charge is 2.47.